The van der Waals surface area contributed by atoms with E-state index in [9.17, 15) is 14.7 Å². The molecule has 0 amide bonds. The van der Waals surface area contributed by atoms with Crippen LogP contribution in [0.3, 0.4) is 0 Å². The lowest BCUT2D eigenvalue weighted by Crippen LogP contribution is -2.31. The van der Waals surface area contributed by atoms with Gasteiger partial charge < -0.3 is 9.84 Å². The summed E-state index contributed by atoms with van der Waals surface area (Å²) in [6, 6.07) is 5.05. The fourth-order valence-electron chi connectivity index (χ4n) is 2.41. The molecular weight excluding hydrogens is 324 g/mol. The van der Waals surface area contributed by atoms with Crippen LogP contribution in [0.1, 0.15) is 23.2 Å². The third-order valence-electron chi connectivity index (χ3n) is 3.52. The Morgan fingerprint density at radius 3 is 2.45 bits per heavy atom. The molecule has 1 aliphatic rings. The molecule has 0 bridgehead atoms. The number of aliphatic carboxylic acids is 1. The van der Waals surface area contributed by atoms with Gasteiger partial charge >= 0.3 is 5.97 Å². The van der Waals surface area contributed by atoms with Gasteiger partial charge in [-0.05, 0) is 47.0 Å². The summed E-state index contributed by atoms with van der Waals surface area (Å²) < 4.78 is 5.81. The van der Waals surface area contributed by atoms with Crippen molar-refractivity contribution < 1.29 is 19.4 Å². The van der Waals surface area contributed by atoms with Gasteiger partial charge in [-0.1, -0.05) is 12.2 Å². The lowest BCUT2D eigenvalue weighted by Gasteiger charge is -2.24. The van der Waals surface area contributed by atoms with Crippen LogP contribution in [0.15, 0.2) is 34.8 Å². The molecule has 1 aromatic carbocycles. The Morgan fingerprint density at radius 1 is 1.25 bits per heavy atom. The van der Waals surface area contributed by atoms with Gasteiger partial charge in [-0.25, -0.2) is 0 Å². The number of ether oxygens (including phenoxy) is 1. The van der Waals surface area contributed by atoms with Gasteiger partial charge in [-0.15, -0.1) is 0 Å². The topological polar surface area (TPSA) is 63.6 Å². The zero-order chi connectivity index (χ0) is 14.7. The molecule has 106 valence electrons. The van der Waals surface area contributed by atoms with Crippen LogP contribution in [0.5, 0.6) is 5.75 Å². The average molecular weight is 339 g/mol. The summed E-state index contributed by atoms with van der Waals surface area (Å²) >= 11 is 3.34. The van der Waals surface area contributed by atoms with Crippen LogP contribution in [-0.4, -0.2) is 24.0 Å². The molecular formula is C15H15BrO4. The molecule has 0 spiro atoms. The molecule has 0 radical (unpaired) electrons. The van der Waals surface area contributed by atoms with Crippen molar-refractivity contribution in [1.82, 2.24) is 0 Å². The molecule has 2 atom stereocenters. The highest BCUT2D eigenvalue weighted by atomic mass is 79.9. The van der Waals surface area contributed by atoms with Crippen LogP contribution >= 0.6 is 15.9 Å². The Hall–Kier alpha value is -1.62. The first kappa shape index (κ1) is 14.8. The maximum absolute atomic E-state index is 12.5. The van der Waals surface area contributed by atoms with Crippen LogP contribution < -0.4 is 4.74 Å². The lowest BCUT2D eigenvalue weighted by molar-refractivity contribution is -0.143. The second kappa shape index (κ2) is 6.22. The van der Waals surface area contributed by atoms with Crippen molar-refractivity contribution in [2.45, 2.75) is 12.8 Å². The van der Waals surface area contributed by atoms with Gasteiger partial charge in [0, 0.05) is 11.5 Å². The highest BCUT2D eigenvalue weighted by Crippen LogP contribution is 2.32. The molecule has 5 heteroatoms. The van der Waals surface area contributed by atoms with Gasteiger partial charge in [-0.3, -0.25) is 9.59 Å². The Morgan fingerprint density at radius 2 is 1.90 bits per heavy atom. The molecule has 0 heterocycles. The Labute approximate surface area is 125 Å². The van der Waals surface area contributed by atoms with E-state index in [2.05, 4.69) is 15.9 Å². The third kappa shape index (κ3) is 2.93. The van der Waals surface area contributed by atoms with Crippen LogP contribution in [0, 0.1) is 11.8 Å². The number of carboxylic acids is 1. The number of benzene rings is 1. The van der Waals surface area contributed by atoms with E-state index in [1.807, 2.05) is 12.2 Å². The minimum Gasteiger partial charge on any atom is -0.496 e. The maximum Gasteiger partial charge on any atom is 0.307 e. The van der Waals surface area contributed by atoms with E-state index in [-0.39, 0.29) is 5.78 Å². The summed E-state index contributed by atoms with van der Waals surface area (Å²) in [5, 5.41) is 9.23. The first-order chi connectivity index (χ1) is 9.54. The van der Waals surface area contributed by atoms with Gasteiger partial charge in [-0.2, -0.15) is 0 Å². The van der Waals surface area contributed by atoms with E-state index < -0.39 is 17.8 Å². The molecule has 4 nitrogen and oxygen atoms in total. The van der Waals surface area contributed by atoms with Crippen molar-refractivity contribution in [3.05, 3.63) is 40.4 Å². The molecule has 2 unspecified atom stereocenters. The number of hydrogen-bond donors (Lipinski definition) is 1. The lowest BCUT2D eigenvalue weighted by atomic mass is 9.78. The van der Waals surface area contributed by atoms with E-state index in [1.54, 1.807) is 25.3 Å². The average Bonchev–Trinajstić information content (AvgIpc) is 2.46. The fourth-order valence-corrected chi connectivity index (χ4v) is 2.95. The minimum atomic E-state index is -0.916. The molecule has 2 rings (SSSR count). The van der Waals surface area contributed by atoms with E-state index in [0.29, 0.717) is 28.6 Å². The van der Waals surface area contributed by atoms with Crippen molar-refractivity contribution in [3.63, 3.8) is 0 Å². The zero-order valence-corrected chi connectivity index (χ0v) is 12.6. The highest BCUT2D eigenvalue weighted by molar-refractivity contribution is 9.10. The first-order valence-electron chi connectivity index (χ1n) is 6.30. The number of carbonyl (C=O) groups is 2. The molecule has 0 aromatic heterocycles. The summed E-state index contributed by atoms with van der Waals surface area (Å²) in [6.45, 7) is 0. The summed E-state index contributed by atoms with van der Waals surface area (Å²) in [7, 11) is 1.55. The Balaban J connectivity index is 2.28. The number of carbonyl (C=O) groups excluding carboxylic acids is 1. The molecule has 0 fully saturated rings. The summed E-state index contributed by atoms with van der Waals surface area (Å²) in [5.74, 6) is -1.56. The minimum absolute atomic E-state index is 0.134. The van der Waals surface area contributed by atoms with Crippen LogP contribution in [0.25, 0.3) is 0 Å². The third-order valence-corrected chi connectivity index (χ3v) is 4.14. The number of ketones is 1. The number of carboxylic acid groups (broad SMARTS) is 1. The summed E-state index contributed by atoms with van der Waals surface area (Å²) in [4.78, 5) is 23.8. The monoisotopic (exact) mass is 338 g/mol. The largest absolute Gasteiger partial charge is 0.496 e. The van der Waals surface area contributed by atoms with Crippen molar-refractivity contribution in [2.24, 2.45) is 11.8 Å². The first-order valence-corrected chi connectivity index (χ1v) is 7.09. The molecule has 1 aliphatic carbocycles. The van der Waals surface area contributed by atoms with Gasteiger partial charge in [0.15, 0.2) is 5.78 Å². The molecule has 0 saturated carbocycles. The van der Waals surface area contributed by atoms with Crippen LogP contribution in [-0.2, 0) is 4.79 Å². The predicted molar refractivity (Wildman–Crippen MR) is 78.0 cm³/mol. The van der Waals surface area contributed by atoms with E-state index >= 15 is 0 Å². The standard InChI is InChI=1S/C15H15BrO4/c1-20-13-7-6-9(8-12(13)16)14(17)10-4-2-3-5-11(10)15(18)19/h2-3,6-8,10-11H,4-5H2,1H3,(H,18,19). The Kier molecular flexibility index (Phi) is 4.60. The molecule has 1 N–H and O–H groups in total. The summed E-state index contributed by atoms with van der Waals surface area (Å²) in [5.41, 5.74) is 0.504. The van der Waals surface area contributed by atoms with Gasteiger partial charge in [0.1, 0.15) is 5.75 Å². The van der Waals surface area contributed by atoms with Gasteiger partial charge in [0.25, 0.3) is 0 Å². The number of Topliss-reactive ketones (excluding diaryl/α,β-unsaturated/α-hetero) is 1. The van der Waals surface area contributed by atoms with E-state index in [0.717, 1.165) is 0 Å². The second-order valence-corrected chi connectivity index (χ2v) is 5.56. The number of allylic oxidation sites excluding steroid dienone is 2. The quantitative estimate of drug-likeness (QED) is 0.675. The van der Waals surface area contributed by atoms with E-state index in [1.165, 1.54) is 0 Å². The number of rotatable bonds is 4. The van der Waals surface area contributed by atoms with Gasteiger partial charge in [0.2, 0.25) is 0 Å². The Bertz CT molecular complexity index is 565. The predicted octanol–water partition coefficient (Wildman–Crippen LogP) is 3.31. The normalized spacial score (nSPS) is 21.5. The smallest absolute Gasteiger partial charge is 0.307 e. The van der Waals surface area contributed by atoms with E-state index in [4.69, 9.17) is 4.74 Å². The van der Waals surface area contributed by atoms with Crippen molar-refractivity contribution in [2.75, 3.05) is 7.11 Å². The zero-order valence-electron chi connectivity index (χ0n) is 11.0. The maximum atomic E-state index is 12.5. The number of halogens is 1. The van der Waals surface area contributed by atoms with Crippen molar-refractivity contribution >= 4 is 27.7 Å². The van der Waals surface area contributed by atoms with Crippen LogP contribution in [0.4, 0.5) is 0 Å². The molecule has 20 heavy (non-hydrogen) atoms. The molecule has 0 aliphatic heterocycles. The fraction of sp³-hybridized carbons (Fsp3) is 0.333. The van der Waals surface area contributed by atoms with Crippen molar-refractivity contribution in [1.29, 1.82) is 0 Å². The van der Waals surface area contributed by atoms with Crippen LogP contribution in [0.2, 0.25) is 0 Å². The highest BCUT2D eigenvalue weighted by Gasteiger charge is 2.34. The number of hydrogen-bond acceptors (Lipinski definition) is 3. The van der Waals surface area contributed by atoms with Crippen molar-refractivity contribution in [3.8, 4) is 5.75 Å². The SMILES string of the molecule is COc1ccc(C(=O)C2CC=CCC2C(=O)O)cc1Br. The molecule has 0 saturated heterocycles. The summed E-state index contributed by atoms with van der Waals surface area (Å²) in [6.07, 6.45) is 4.58. The van der Waals surface area contributed by atoms with Gasteiger partial charge in [0.05, 0.1) is 17.5 Å². The molecule has 1 aromatic rings. The second-order valence-electron chi connectivity index (χ2n) is 4.71. The number of methoxy groups -OCH3 is 1.